The number of carbonyl (C=O) groups is 1. The van der Waals surface area contributed by atoms with Crippen LogP contribution < -0.4 is 16.8 Å². The topological polar surface area (TPSA) is 94.0 Å². The van der Waals surface area contributed by atoms with Crippen molar-refractivity contribution in [1.29, 1.82) is 0 Å². The first-order valence-electron chi connectivity index (χ1n) is 4.78. The van der Waals surface area contributed by atoms with Crippen LogP contribution >= 0.6 is 0 Å². The zero-order valence-electron chi connectivity index (χ0n) is 8.90. The molecule has 0 aromatic carbocycles. The summed E-state index contributed by atoms with van der Waals surface area (Å²) in [5.74, 6) is 0.326. The Morgan fingerprint density at radius 3 is 2.53 bits per heavy atom. The van der Waals surface area contributed by atoms with Crippen molar-refractivity contribution in [2.45, 2.75) is 19.9 Å². The lowest BCUT2D eigenvalue weighted by molar-refractivity contribution is -0.119. The molecular formula is C10H16N4O. The van der Waals surface area contributed by atoms with Gasteiger partial charge in [-0.05, 0) is 18.1 Å². The Bertz CT molecular complexity index is 334. The predicted octanol–water partition coefficient (Wildman–Crippen LogP) is 0.586. The number of nitrogens with zero attached hydrogens (tertiary/aromatic N) is 1. The minimum atomic E-state index is -0.416. The van der Waals surface area contributed by atoms with Gasteiger partial charge in [-0.25, -0.2) is 4.98 Å². The highest BCUT2D eigenvalue weighted by atomic mass is 16.1. The van der Waals surface area contributed by atoms with E-state index in [-0.39, 0.29) is 11.8 Å². The number of anilines is 2. The maximum absolute atomic E-state index is 11.1. The molecule has 0 radical (unpaired) electrons. The van der Waals surface area contributed by atoms with E-state index < -0.39 is 6.04 Å². The largest absolute Gasteiger partial charge is 0.397 e. The van der Waals surface area contributed by atoms with E-state index in [4.69, 9.17) is 11.5 Å². The summed E-state index contributed by atoms with van der Waals surface area (Å²) in [7, 11) is 0. The summed E-state index contributed by atoms with van der Waals surface area (Å²) in [5.41, 5.74) is 11.3. The van der Waals surface area contributed by atoms with Crippen LogP contribution in [-0.2, 0) is 4.79 Å². The molecule has 1 aromatic rings. The van der Waals surface area contributed by atoms with Crippen LogP contribution in [0, 0.1) is 5.92 Å². The summed E-state index contributed by atoms with van der Waals surface area (Å²) in [6.07, 6.45) is 1.53. The Morgan fingerprint density at radius 2 is 2.13 bits per heavy atom. The van der Waals surface area contributed by atoms with Gasteiger partial charge in [0.1, 0.15) is 11.9 Å². The highest BCUT2D eigenvalue weighted by Gasteiger charge is 2.19. The van der Waals surface area contributed by atoms with Crippen LogP contribution in [0.2, 0.25) is 0 Å². The van der Waals surface area contributed by atoms with Crippen LogP contribution in [0.1, 0.15) is 13.8 Å². The lowest BCUT2D eigenvalue weighted by Crippen LogP contribution is -2.39. The smallest absolute Gasteiger partial charge is 0.240 e. The summed E-state index contributed by atoms with van der Waals surface area (Å²) in [4.78, 5) is 15.2. The van der Waals surface area contributed by atoms with Crippen molar-refractivity contribution in [2.24, 2.45) is 11.7 Å². The predicted molar refractivity (Wildman–Crippen MR) is 60.1 cm³/mol. The SMILES string of the molecule is CC(C)C(Nc1ccc(N)cn1)C(N)=O. The number of hydrogen-bond acceptors (Lipinski definition) is 4. The normalized spacial score (nSPS) is 12.5. The van der Waals surface area contributed by atoms with Gasteiger partial charge in [0.2, 0.25) is 5.91 Å². The molecule has 1 aromatic heterocycles. The molecule has 1 unspecified atom stereocenters. The molecule has 1 atom stereocenters. The second kappa shape index (κ2) is 4.63. The van der Waals surface area contributed by atoms with Gasteiger partial charge >= 0.3 is 0 Å². The summed E-state index contributed by atoms with van der Waals surface area (Å²) in [5, 5.41) is 2.96. The van der Waals surface area contributed by atoms with Crippen molar-refractivity contribution in [3.05, 3.63) is 18.3 Å². The molecule has 0 saturated carbocycles. The Labute approximate surface area is 88.9 Å². The monoisotopic (exact) mass is 208 g/mol. The second-order valence-electron chi connectivity index (χ2n) is 3.75. The van der Waals surface area contributed by atoms with Crippen LogP contribution in [0.15, 0.2) is 18.3 Å². The van der Waals surface area contributed by atoms with E-state index in [1.54, 1.807) is 12.1 Å². The number of nitrogens with one attached hydrogen (secondary N) is 1. The zero-order valence-corrected chi connectivity index (χ0v) is 8.90. The molecule has 1 amide bonds. The summed E-state index contributed by atoms with van der Waals surface area (Å²) in [6.45, 7) is 3.83. The number of primary amides is 1. The molecule has 1 rings (SSSR count). The molecule has 0 aliphatic heterocycles. The third kappa shape index (κ3) is 3.12. The van der Waals surface area contributed by atoms with Crippen LogP contribution in [0.4, 0.5) is 11.5 Å². The first-order valence-corrected chi connectivity index (χ1v) is 4.78. The molecule has 82 valence electrons. The average Bonchev–Trinajstić information content (AvgIpc) is 2.15. The fourth-order valence-corrected chi connectivity index (χ4v) is 1.22. The number of nitrogen functional groups attached to an aromatic ring is 1. The molecule has 5 nitrogen and oxygen atoms in total. The highest BCUT2D eigenvalue weighted by molar-refractivity contribution is 5.82. The number of rotatable bonds is 4. The van der Waals surface area contributed by atoms with Gasteiger partial charge in [0.15, 0.2) is 0 Å². The van der Waals surface area contributed by atoms with Crippen LogP contribution in [0.3, 0.4) is 0 Å². The quantitative estimate of drug-likeness (QED) is 0.674. The summed E-state index contributed by atoms with van der Waals surface area (Å²) < 4.78 is 0. The van der Waals surface area contributed by atoms with Crippen LogP contribution in [0.25, 0.3) is 0 Å². The number of hydrogen-bond donors (Lipinski definition) is 3. The van der Waals surface area contributed by atoms with E-state index in [1.165, 1.54) is 6.20 Å². The lowest BCUT2D eigenvalue weighted by atomic mass is 10.0. The van der Waals surface area contributed by atoms with E-state index in [2.05, 4.69) is 10.3 Å². The molecule has 5 heteroatoms. The number of amides is 1. The van der Waals surface area contributed by atoms with Crippen molar-refractivity contribution >= 4 is 17.4 Å². The van der Waals surface area contributed by atoms with E-state index in [9.17, 15) is 4.79 Å². The standard InChI is InChI=1S/C10H16N4O/c1-6(2)9(10(12)15)14-8-4-3-7(11)5-13-8/h3-6,9H,11H2,1-2H3,(H2,12,15)(H,13,14). The molecule has 0 aliphatic rings. The van der Waals surface area contributed by atoms with Crippen molar-refractivity contribution in [2.75, 3.05) is 11.1 Å². The minimum Gasteiger partial charge on any atom is -0.397 e. The Morgan fingerprint density at radius 1 is 1.47 bits per heavy atom. The number of nitrogens with two attached hydrogens (primary N) is 2. The van der Waals surface area contributed by atoms with Gasteiger partial charge in [0, 0.05) is 0 Å². The van der Waals surface area contributed by atoms with Crippen LogP contribution in [0.5, 0.6) is 0 Å². The maximum Gasteiger partial charge on any atom is 0.240 e. The summed E-state index contributed by atoms with van der Waals surface area (Å²) >= 11 is 0. The number of aromatic nitrogens is 1. The fourth-order valence-electron chi connectivity index (χ4n) is 1.22. The van der Waals surface area contributed by atoms with E-state index in [1.807, 2.05) is 13.8 Å². The molecule has 5 N–H and O–H groups in total. The first kappa shape index (κ1) is 11.3. The van der Waals surface area contributed by atoms with Crippen molar-refractivity contribution in [3.8, 4) is 0 Å². The Balaban J connectivity index is 2.74. The number of carbonyl (C=O) groups excluding carboxylic acids is 1. The van der Waals surface area contributed by atoms with E-state index >= 15 is 0 Å². The Hall–Kier alpha value is -1.78. The third-order valence-electron chi connectivity index (χ3n) is 2.06. The second-order valence-corrected chi connectivity index (χ2v) is 3.75. The van der Waals surface area contributed by atoms with E-state index in [0.29, 0.717) is 11.5 Å². The van der Waals surface area contributed by atoms with Crippen LogP contribution in [-0.4, -0.2) is 16.9 Å². The molecule has 0 saturated heterocycles. The average molecular weight is 208 g/mol. The van der Waals surface area contributed by atoms with Crippen molar-refractivity contribution in [3.63, 3.8) is 0 Å². The highest BCUT2D eigenvalue weighted by Crippen LogP contribution is 2.11. The van der Waals surface area contributed by atoms with Gasteiger partial charge in [-0.2, -0.15) is 0 Å². The number of pyridine rings is 1. The fraction of sp³-hybridized carbons (Fsp3) is 0.400. The molecule has 1 heterocycles. The molecule has 0 fully saturated rings. The van der Waals surface area contributed by atoms with E-state index in [0.717, 1.165) is 0 Å². The van der Waals surface area contributed by atoms with Crippen molar-refractivity contribution < 1.29 is 4.79 Å². The maximum atomic E-state index is 11.1. The van der Waals surface area contributed by atoms with Gasteiger partial charge in [-0.15, -0.1) is 0 Å². The Kier molecular flexibility index (Phi) is 3.49. The zero-order chi connectivity index (χ0) is 11.4. The van der Waals surface area contributed by atoms with Gasteiger partial charge in [0.05, 0.1) is 11.9 Å². The summed E-state index contributed by atoms with van der Waals surface area (Å²) in [6, 6.07) is 3.02. The van der Waals surface area contributed by atoms with Gasteiger partial charge in [-0.3, -0.25) is 4.79 Å². The molecule has 0 aliphatic carbocycles. The van der Waals surface area contributed by atoms with Gasteiger partial charge in [-0.1, -0.05) is 13.8 Å². The van der Waals surface area contributed by atoms with Gasteiger partial charge in [0.25, 0.3) is 0 Å². The van der Waals surface area contributed by atoms with Crippen molar-refractivity contribution in [1.82, 2.24) is 4.98 Å². The minimum absolute atomic E-state index is 0.113. The molecular weight excluding hydrogens is 192 g/mol. The molecule has 0 spiro atoms. The lowest BCUT2D eigenvalue weighted by Gasteiger charge is -2.19. The molecule has 15 heavy (non-hydrogen) atoms. The first-order chi connectivity index (χ1) is 7.00. The molecule has 0 bridgehead atoms. The van der Waals surface area contributed by atoms with Gasteiger partial charge < -0.3 is 16.8 Å². The third-order valence-corrected chi connectivity index (χ3v) is 2.06.